The zero-order valence-corrected chi connectivity index (χ0v) is 16.4. The van der Waals surface area contributed by atoms with Crippen molar-refractivity contribution < 1.29 is 9.18 Å². The predicted octanol–water partition coefficient (Wildman–Crippen LogP) is 3.40. The second kappa shape index (κ2) is 7.33. The molecule has 1 aromatic carbocycles. The average Bonchev–Trinajstić information content (AvgIpc) is 3.30. The van der Waals surface area contributed by atoms with E-state index in [0.717, 1.165) is 5.52 Å². The summed E-state index contributed by atoms with van der Waals surface area (Å²) in [6.07, 6.45) is 1.31. The zero-order chi connectivity index (χ0) is 19.8. The van der Waals surface area contributed by atoms with Crippen molar-refractivity contribution in [1.29, 1.82) is 0 Å². The highest BCUT2D eigenvalue weighted by atomic mass is 35.5. The van der Waals surface area contributed by atoms with E-state index in [9.17, 15) is 14.0 Å². The molecule has 0 aliphatic heterocycles. The van der Waals surface area contributed by atoms with Crippen molar-refractivity contribution in [3.63, 3.8) is 0 Å². The Morgan fingerprint density at radius 2 is 2.14 bits per heavy atom. The fourth-order valence-electron chi connectivity index (χ4n) is 3.02. The van der Waals surface area contributed by atoms with E-state index in [1.807, 2.05) is 15.8 Å². The minimum Gasteiger partial charge on any atom is -0.326 e. The van der Waals surface area contributed by atoms with E-state index in [-0.39, 0.29) is 22.9 Å². The van der Waals surface area contributed by atoms with Gasteiger partial charge in [-0.2, -0.15) is 0 Å². The smallest absolute Gasteiger partial charge is 0.272 e. The molecule has 0 aliphatic rings. The fraction of sp³-hybridized carbons (Fsp3) is 0.222. The van der Waals surface area contributed by atoms with Crippen LogP contribution in [0.15, 0.2) is 34.4 Å². The summed E-state index contributed by atoms with van der Waals surface area (Å²) in [4.78, 5) is 24.5. The molecule has 0 bridgehead atoms. The Bertz CT molecular complexity index is 1260. The van der Waals surface area contributed by atoms with Crippen LogP contribution in [-0.4, -0.2) is 25.1 Å². The quantitative estimate of drug-likeness (QED) is 0.537. The standard InChI is InChI=1S/C18H15ClFN5O2S/c1-24-17(27)16-13(7-8-28-16)25-14(22-23-18(24)25)3-2-4-15(26)21-10-5-6-12(20)11(19)9-10/h5-9H,2-4H2,1H3,(H,21,26). The molecule has 0 saturated carbocycles. The first-order valence-corrected chi connectivity index (χ1v) is 9.76. The Hall–Kier alpha value is -2.78. The number of rotatable bonds is 5. The van der Waals surface area contributed by atoms with Crippen LogP contribution in [0.5, 0.6) is 0 Å². The van der Waals surface area contributed by atoms with Crippen molar-refractivity contribution >= 4 is 50.5 Å². The molecule has 0 spiro atoms. The monoisotopic (exact) mass is 419 g/mol. The predicted molar refractivity (Wildman–Crippen MR) is 107 cm³/mol. The first-order chi connectivity index (χ1) is 13.5. The van der Waals surface area contributed by atoms with E-state index in [1.165, 1.54) is 34.1 Å². The van der Waals surface area contributed by atoms with Crippen molar-refractivity contribution in [3.05, 3.63) is 56.7 Å². The van der Waals surface area contributed by atoms with Gasteiger partial charge in [-0.3, -0.25) is 18.6 Å². The Kier molecular flexibility index (Phi) is 4.86. The number of anilines is 1. The van der Waals surface area contributed by atoms with Crippen molar-refractivity contribution in [1.82, 2.24) is 19.2 Å². The van der Waals surface area contributed by atoms with Crippen LogP contribution in [-0.2, 0) is 18.3 Å². The van der Waals surface area contributed by atoms with Crippen molar-refractivity contribution in [3.8, 4) is 0 Å². The number of hydrogen-bond donors (Lipinski definition) is 1. The summed E-state index contributed by atoms with van der Waals surface area (Å²) in [5.74, 6) is 0.417. The summed E-state index contributed by atoms with van der Waals surface area (Å²) < 4.78 is 17.1. The average molecular weight is 420 g/mol. The van der Waals surface area contributed by atoms with Gasteiger partial charge in [0.05, 0.1) is 10.5 Å². The topological polar surface area (TPSA) is 81.3 Å². The molecule has 10 heteroatoms. The normalized spacial score (nSPS) is 11.4. The highest BCUT2D eigenvalue weighted by Crippen LogP contribution is 2.21. The molecule has 1 amide bonds. The molecule has 7 nitrogen and oxygen atoms in total. The summed E-state index contributed by atoms with van der Waals surface area (Å²) in [7, 11) is 1.66. The largest absolute Gasteiger partial charge is 0.326 e. The van der Waals surface area contributed by atoms with Gasteiger partial charge in [-0.15, -0.1) is 21.5 Å². The van der Waals surface area contributed by atoms with E-state index < -0.39 is 5.82 Å². The van der Waals surface area contributed by atoms with Crippen LogP contribution < -0.4 is 10.9 Å². The lowest BCUT2D eigenvalue weighted by atomic mass is 10.2. The number of nitrogens with one attached hydrogen (secondary N) is 1. The second-order valence-electron chi connectivity index (χ2n) is 6.28. The van der Waals surface area contributed by atoms with Crippen LogP contribution in [0, 0.1) is 5.82 Å². The third-order valence-electron chi connectivity index (χ3n) is 4.40. The third-order valence-corrected chi connectivity index (χ3v) is 5.59. The van der Waals surface area contributed by atoms with Crippen molar-refractivity contribution in [2.45, 2.75) is 19.3 Å². The van der Waals surface area contributed by atoms with E-state index in [0.29, 0.717) is 34.8 Å². The van der Waals surface area contributed by atoms with Crippen LogP contribution in [0.3, 0.4) is 0 Å². The number of carbonyl (C=O) groups excluding carboxylic acids is 1. The van der Waals surface area contributed by atoms with Gasteiger partial charge in [-0.1, -0.05) is 11.6 Å². The summed E-state index contributed by atoms with van der Waals surface area (Å²) in [6.45, 7) is 0. The number of halogens is 2. The highest BCUT2D eigenvalue weighted by molar-refractivity contribution is 7.17. The number of aromatic nitrogens is 4. The first-order valence-electron chi connectivity index (χ1n) is 8.51. The molecule has 0 radical (unpaired) electrons. The Balaban J connectivity index is 1.48. The van der Waals surface area contributed by atoms with Crippen LogP contribution in [0.1, 0.15) is 18.7 Å². The Morgan fingerprint density at radius 1 is 1.32 bits per heavy atom. The van der Waals surface area contributed by atoms with Gasteiger partial charge in [-0.25, -0.2) is 4.39 Å². The van der Waals surface area contributed by atoms with E-state index in [4.69, 9.17) is 11.6 Å². The molecule has 0 unspecified atom stereocenters. The van der Waals surface area contributed by atoms with Crippen LogP contribution in [0.2, 0.25) is 5.02 Å². The lowest BCUT2D eigenvalue weighted by Gasteiger charge is -2.07. The van der Waals surface area contributed by atoms with E-state index >= 15 is 0 Å². The van der Waals surface area contributed by atoms with Crippen molar-refractivity contribution in [2.24, 2.45) is 7.05 Å². The first kappa shape index (κ1) is 18.6. The van der Waals surface area contributed by atoms with Crippen molar-refractivity contribution in [2.75, 3.05) is 5.32 Å². The van der Waals surface area contributed by atoms with Gasteiger partial charge in [0.1, 0.15) is 16.3 Å². The number of hydrogen-bond acceptors (Lipinski definition) is 5. The van der Waals surface area contributed by atoms with Gasteiger partial charge < -0.3 is 5.32 Å². The molecule has 4 rings (SSSR count). The molecule has 144 valence electrons. The molecule has 3 aromatic heterocycles. The maximum absolute atomic E-state index is 13.2. The Morgan fingerprint density at radius 3 is 2.93 bits per heavy atom. The molecular formula is C18H15ClFN5O2S. The lowest BCUT2D eigenvalue weighted by molar-refractivity contribution is -0.116. The zero-order valence-electron chi connectivity index (χ0n) is 14.8. The van der Waals surface area contributed by atoms with E-state index in [2.05, 4.69) is 15.5 Å². The molecule has 4 aromatic rings. The van der Waals surface area contributed by atoms with Gasteiger partial charge in [0, 0.05) is 25.6 Å². The summed E-state index contributed by atoms with van der Waals surface area (Å²) in [5.41, 5.74) is 1.11. The Labute approximate surface area is 167 Å². The van der Waals surface area contributed by atoms with E-state index in [1.54, 1.807) is 7.05 Å². The van der Waals surface area contributed by atoms with Gasteiger partial charge in [0.15, 0.2) is 0 Å². The summed E-state index contributed by atoms with van der Waals surface area (Å²) >= 11 is 7.10. The van der Waals surface area contributed by atoms with Gasteiger partial charge >= 0.3 is 0 Å². The number of benzene rings is 1. The second-order valence-corrected chi connectivity index (χ2v) is 7.60. The highest BCUT2D eigenvalue weighted by Gasteiger charge is 2.15. The number of fused-ring (bicyclic) bond motifs is 3. The lowest BCUT2D eigenvalue weighted by Crippen LogP contribution is -2.19. The molecule has 0 aliphatic carbocycles. The van der Waals surface area contributed by atoms with Crippen LogP contribution in [0.25, 0.3) is 16.0 Å². The van der Waals surface area contributed by atoms with Crippen LogP contribution in [0.4, 0.5) is 10.1 Å². The number of thiophene rings is 1. The fourth-order valence-corrected chi connectivity index (χ4v) is 4.05. The number of nitrogens with zero attached hydrogens (tertiary/aromatic N) is 4. The molecule has 3 heterocycles. The maximum atomic E-state index is 13.2. The summed E-state index contributed by atoms with van der Waals surface area (Å²) in [5, 5.41) is 12.8. The molecule has 28 heavy (non-hydrogen) atoms. The third kappa shape index (κ3) is 3.27. The SMILES string of the molecule is Cn1c(=O)c2sccc2n2c(CCCC(=O)Nc3ccc(F)c(Cl)c3)nnc12. The number of aryl methyl sites for hydroxylation is 2. The maximum Gasteiger partial charge on any atom is 0.272 e. The van der Waals surface area contributed by atoms with Gasteiger partial charge in [-0.05, 0) is 36.1 Å². The van der Waals surface area contributed by atoms with Gasteiger partial charge in [0.2, 0.25) is 11.7 Å². The molecule has 1 N–H and O–H groups in total. The molecule has 0 saturated heterocycles. The minimum absolute atomic E-state index is 0.0434. The minimum atomic E-state index is -0.535. The van der Waals surface area contributed by atoms with Gasteiger partial charge in [0.25, 0.3) is 5.56 Å². The molecular weight excluding hydrogens is 405 g/mol. The number of carbonyl (C=O) groups is 1. The molecule has 0 fully saturated rings. The van der Waals surface area contributed by atoms with Crippen LogP contribution >= 0.6 is 22.9 Å². The number of amides is 1. The summed E-state index contributed by atoms with van der Waals surface area (Å²) in [6, 6.07) is 5.90. The molecule has 0 atom stereocenters.